The highest BCUT2D eigenvalue weighted by Crippen LogP contribution is 2.30. The first-order chi connectivity index (χ1) is 12.8. The molecule has 0 radical (unpaired) electrons. The van der Waals surface area contributed by atoms with Crippen LogP contribution in [0, 0.1) is 0 Å². The molecule has 0 N–H and O–H groups in total. The van der Waals surface area contributed by atoms with E-state index in [2.05, 4.69) is 10.3 Å². The predicted octanol–water partition coefficient (Wildman–Crippen LogP) is 0.996. The van der Waals surface area contributed by atoms with E-state index in [0.717, 1.165) is 16.5 Å². The molecule has 2 heterocycles. The zero-order valence-electron chi connectivity index (χ0n) is 14.5. The molecule has 0 unspecified atom stereocenters. The van der Waals surface area contributed by atoms with Crippen LogP contribution in [0.5, 0.6) is 0 Å². The van der Waals surface area contributed by atoms with Gasteiger partial charge < -0.3 is 0 Å². The summed E-state index contributed by atoms with van der Waals surface area (Å²) in [5.41, 5.74) is 1.90. The molecule has 0 saturated heterocycles. The van der Waals surface area contributed by atoms with Gasteiger partial charge in [0.1, 0.15) is 12.1 Å². The summed E-state index contributed by atoms with van der Waals surface area (Å²) in [7, 11) is -3.34. The van der Waals surface area contributed by atoms with Crippen LogP contribution in [0.15, 0.2) is 47.3 Å². The van der Waals surface area contributed by atoms with Gasteiger partial charge in [0.05, 0.1) is 17.3 Å². The number of hydrogen-bond donors (Lipinski definition) is 0. The van der Waals surface area contributed by atoms with E-state index in [1.807, 2.05) is 0 Å². The van der Waals surface area contributed by atoms with Gasteiger partial charge in [0, 0.05) is 12.1 Å². The summed E-state index contributed by atoms with van der Waals surface area (Å²) in [5.74, 6) is -0.290. The van der Waals surface area contributed by atoms with Gasteiger partial charge in [0.25, 0.3) is 5.56 Å². The minimum Gasteiger partial charge on any atom is -0.292 e. The van der Waals surface area contributed by atoms with Gasteiger partial charge in [-0.2, -0.15) is 0 Å². The number of carbonyl (C=O) groups excluding carboxylic acids is 1. The topological polar surface area (TPSA) is 102 Å². The third-order valence-corrected chi connectivity index (χ3v) is 5.76. The standard InChI is InChI=1S/C18H16N4O4S/c1-27(25,26)22-9-8-12-10-13(6-7-16(12)22)17(23)11-21-18(24)14-4-2-3-5-15(14)19-20-21/h2-7,10H,8-9,11H2,1H3. The first-order valence-electron chi connectivity index (χ1n) is 8.31. The molecule has 8 nitrogen and oxygen atoms in total. The first-order valence-corrected chi connectivity index (χ1v) is 10.2. The van der Waals surface area contributed by atoms with E-state index < -0.39 is 10.0 Å². The Labute approximate surface area is 155 Å². The SMILES string of the molecule is CS(=O)(=O)N1CCc2cc(C(=O)Cn3nnc4ccccc4c3=O)ccc21. The molecule has 0 amide bonds. The van der Waals surface area contributed by atoms with Crippen LogP contribution in [0.25, 0.3) is 10.9 Å². The van der Waals surface area contributed by atoms with Gasteiger partial charge in [0.2, 0.25) is 10.0 Å². The lowest BCUT2D eigenvalue weighted by molar-refractivity contribution is 0.0964. The second-order valence-electron chi connectivity index (χ2n) is 6.42. The molecule has 3 aromatic rings. The Hall–Kier alpha value is -3.07. The van der Waals surface area contributed by atoms with Gasteiger partial charge in [-0.15, -0.1) is 5.10 Å². The number of carbonyl (C=O) groups is 1. The van der Waals surface area contributed by atoms with Crippen molar-refractivity contribution in [2.24, 2.45) is 0 Å². The number of rotatable bonds is 4. The lowest BCUT2D eigenvalue weighted by Gasteiger charge is -2.16. The summed E-state index contributed by atoms with van der Waals surface area (Å²) in [6.45, 7) is 0.132. The lowest BCUT2D eigenvalue weighted by Crippen LogP contribution is -2.28. The van der Waals surface area contributed by atoms with Gasteiger partial charge in [0.15, 0.2) is 5.78 Å². The molecule has 0 spiro atoms. The van der Waals surface area contributed by atoms with E-state index in [9.17, 15) is 18.0 Å². The summed E-state index contributed by atoms with van der Waals surface area (Å²) in [6, 6.07) is 11.7. The number of Topliss-reactive ketones (excluding diaryl/α,β-unsaturated/α-hetero) is 1. The third kappa shape index (κ3) is 3.10. The molecule has 1 aromatic heterocycles. The maximum atomic E-state index is 12.6. The number of aromatic nitrogens is 3. The molecular weight excluding hydrogens is 368 g/mol. The molecule has 27 heavy (non-hydrogen) atoms. The smallest absolute Gasteiger partial charge is 0.278 e. The van der Waals surface area contributed by atoms with Crippen LogP contribution in [-0.2, 0) is 23.0 Å². The highest BCUT2D eigenvalue weighted by atomic mass is 32.2. The zero-order chi connectivity index (χ0) is 19.2. The fraction of sp³-hybridized carbons (Fsp3) is 0.222. The number of ketones is 1. The van der Waals surface area contributed by atoms with Gasteiger partial charge in [-0.1, -0.05) is 17.3 Å². The Morgan fingerprint density at radius 3 is 2.74 bits per heavy atom. The molecule has 0 fully saturated rings. The number of benzene rings is 2. The molecule has 0 bridgehead atoms. The van der Waals surface area contributed by atoms with Gasteiger partial charge >= 0.3 is 0 Å². The van der Waals surface area contributed by atoms with Crippen LogP contribution in [0.4, 0.5) is 5.69 Å². The number of sulfonamides is 1. The van der Waals surface area contributed by atoms with Crippen LogP contribution < -0.4 is 9.86 Å². The molecule has 0 atom stereocenters. The van der Waals surface area contributed by atoms with Crippen molar-refractivity contribution >= 4 is 32.4 Å². The van der Waals surface area contributed by atoms with Crippen molar-refractivity contribution in [1.29, 1.82) is 0 Å². The second-order valence-corrected chi connectivity index (χ2v) is 8.33. The van der Waals surface area contributed by atoms with E-state index in [4.69, 9.17) is 0 Å². The molecular formula is C18H16N4O4S. The fourth-order valence-corrected chi connectivity index (χ4v) is 4.20. The Morgan fingerprint density at radius 2 is 1.96 bits per heavy atom. The van der Waals surface area contributed by atoms with Crippen molar-refractivity contribution in [2.45, 2.75) is 13.0 Å². The van der Waals surface area contributed by atoms with Crippen molar-refractivity contribution in [2.75, 3.05) is 17.1 Å². The van der Waals surface area contributed by atoms with Crippen molar-refractivity contribution in [1.82, 2.24) is 15.0 Å². The lowest BCUT2D eigenvalue weighted by atomic mass is 10.1. The highest BCUT2D eigenvalue weighted by molar-refractivity contribution is 7.92. The van der Waals surface area contributed by atoms with Crippen molar-refractivity contribution in [3.63, 3.8) is 0 Å². The molecule has 2 aromatic carbocycles. The summed E-state index contributed by atoms with van der Waals surface area (Å²) in [6.07, 6.45) is 1.70. The van der Waals surface area contributed by atoms with Crippen molar-refractivity contribution < 1.29 is 13.2 Å². The maximum absolute atomic E-state index is 12.6. The van der Waals surface area contributed by atoms with E-state index in [1.54, 1.807) is 42.5 Å². The van der Waals surface area contributed by atoms with Crippen LogP contribution in [-0.4, -0.2) is 42.0 Å². The van der Waals surface area contributed by atoms with Gasteiger partial charge in [-0.25, -0.2) is 13.1 Å². The van der Waals surface area contributed by atoms with Crippen LogP contribution in [0.1, 0.15) is 15.9 Å². The predicted molar refractivity (Wildman–Crippen MR) is 100 cm³/mol. The molecule has 1 aliphatic heterocycles. The second kappa shape index (κ2) is 6.27. The molecule has 9 heteroatoms. The Morgan fingerprint density at radius 1 is 1.19 bits per heavy atom. The summed E-state index contributed by atoms with van der Waals surface area (Å²) < 4.78 is 26.0. The number of hydrogen-bond acceptors (Lipinski definition) is 6. The van der Waals surface area contributed by atoms with Crippen LogP contribution in [0.2, 0.25) is 0 Å². The molecule has 4 rings (SSSR count). The van der Waals surface area contributed by atoms with Crippen molar-refractivity contribution in [3.05, 3.63) is 63.9 Å². The van der Waals surface area contributed by atoms with Gasteiger partial charge in [-0.3, -0.25) is 13.9 Å². The van der Waals surface area contributed by atoms with Gasteiger partial charge in [-0.05, 0) is 42.3 Å². The van der Waals surface area contributed by atoms with Crippen LogP contribution >= 0.6 is 0 Å². The van der Waals surface area contributed by atoms with E-state index in [1.165, 1.54) is 4.31 Å². The Balaban J connectivity index is 1.63. The average Bonchev–Trinajstić information content (AvgIpc) is 3.07. The molecule has 138 valence electrons. The third-order valence-electron chi connectivity index (χ3n) is 4.58. The largest absolute Gasteiger partial charge is 0.292 e. The van der Waals surface area contributed by atoms with Crippen LogP contribution in [0.3, 0.4) is 0 Å². The Kier molecular flexibility index (Phi) is 4.03. The summed E-state index contributed by atoms with van der Waals surface area (Å²) in [5, 5.41) is 8.21. The molecule has 1 aliphatic rings. The Bertz CT molecular complexity index is 1230. The normalized spacial score (nSPS) is 13.7. The van der Waals surface area contributed by atoms with E-state index in [0.29, 0.717) is 35.1 Å². The minimum atomic E-state index is -3.34. The number of anilines is 1. The van der Waals surface area contributed by atoms with E-state index >= 15 is 0 Å². The highest BCUT2D eigenvalue weighted by Gasteiger charge is 2.26. The summed E-state index contributed by atoms with van der Waals surface area (Å²) >= 11 is 0. The molecule has 0 saturated carbocycles. The summed E-state index contributed by atoms with van der Waals surface area (Å²) in [4.78, 5) is 25.1. The van der Waals surface area contributed by atoms with E-state index in [-0.39, 0.29) is 17.9 Å². The zero-order valence-corrected chi connectivity index (χ0v) is 15.3. The van der Waals surface area contributed by atoms with Crippen molar-refractivity contribution in [3.8, 4) is 0 Å². The maximum Gasteiger partial charge on any atom is 0.278 e. The minimum absolute atomic E-state index is 0.231. The number of nitrogens with zero attached hydrogens (tertiary/aromatic N) is 4. The monoisotopic (exact) mass is 384 g/mol. The molecule has 0 aliphatic carbocycles. The quantitative estimate of drug-likeness (QED) is 0.622. The fourth-order valence-electron chi connectivity index (χ4n) is 3.24. The average molecular weight is 384 g/mol. The first kappa shape index (κ1) is 17.3. The number of fused-ring (bicyclic) bond motifs is 2.